The Kier molecular flexibility index (Phi) is 4.09. The fourth-order valence-electron chi connectivity index (χ4n) is 1.78. The van der Waals surface area contributed by atoms with E-state index in [9.17, 15) is 20.0 Å². The maximum absolute atomic E-state index is 12.1. The topological polar surface area (TPSA) is 92.5 Å². The van der Waals surface area contributed by atoms with Crippen LogP contribution in [0.15, 0.2) is 36.4 Å². The Morgan fingerprint density at radius 2 is 2.05 bits per heavy atom. The molecule has 0 aromatic heterocycles. The summed E-state index contributed by atoms with van der Waals surface area (Å²) in [4.78, 5) is 22.1. The fraction of sp³-hybridized carbons (Fsp3) is 0.0714. The van der Waals surface area contributed by atoms with Gasteiger partial charge in [-0.3, -0.25) is 14.9 Å². The van der Waals surface area contributed by atoms with Gasteiger partial charge in [0.1, 0.15) is 5.75 Å². The van der Waals surface area contributed by atoms with E-state index in [1.165, 1.54) is 12.1 Å². The van der Waals surface area contributed by atoms with Crippen molar-refractivity contribution in [2.45, 2.75) is 6.92 Å². The molecule has 108 valence electrons. The first-order valence-corrected chi connectivity index (χ1v) is 6.32. The Morgan fingerprint density at radius 1 is 1.33 bits per heavy atom. The molecule has 0 spiro atoms. The Morgan fingerprint density at radius 3 is 2.67 bits per heavy atom. The molecule has 0 saturated carbocycles. The number of carbonyl (C=O) groups is 1. The number of phenols is 1. The van der Waals surface area contributed by atoms with Crippen molar-refractivity contribution < 1.29 is 14.8 Å². The molecule has 0 heterocycles. The predicted octanol–water partition coefficient (Wildman–Crippen LogP) is 3.51. The SMILES string of the molecule is Cc1c(Cl)cccc1C(=O)Nc1ccc([N+](=O)[O-])cc1O. The van der Waals surface area contributed by atoms with Crippen molar-refractivity contribution in [3.63, 3.8) is 0 Å². The second-order valence-corrected chi connectivity index (χ2v) is 4.73. The number of nitrogens with zero attached hydrogens (tertiary/aromatic N) is 1. The summed E-state index contributed by atoms with van der Waals surface area (Å²) in [5.74, 6) is -0.837. The largest absolute Gasteiger partial charge is 0.506 e. The average molecular weight is 307 g/mol. The van der Waals surface area contributed by atoms with Crippen LogP contribution in [0.25, 0.3) is 0 Å². The lowest BCUT2D eigenvalue weighted by molar-refractivity contribution is -0.384. The molecule has 2 aromatic carbocycles. The number of hydrogen-bond donors (Lipinski definition) is 2. The van der Waals surface area contributed by atoms with Crippen LogP contribution in [0.5, 0.6) is 5.75 Å². The summed E-state index contributed by atoms with van der Waals surface area (Å²) in [7, 11) is 0. The maximum atomic E-state index is 12.1. The van der Waals surface area contributed by atoms with Gasteiger partial charge in [-0.05, 0) is 30.7 Å². The summed E-state index contributed by atoms with van der Waals surface area (Å²) in [5, 5.41) is 23.2. The predicted molar refractivity (Wildman–Crippen MR) is 78.9 cm³/mol. The lowest BCUT2D eigenvalue weighted by atomic mass is 10.1. The summed E-state index contributed by atoms with van der Waals surface area (Å²) in [5.41, 5.74) is 0.799. The smallest absolute Gasteiger partial charge is 0.273 e. The number of amides is 1. The van der Waals surface area contributed by atoms with Gasteiger partial charge in [0.2, 0.25) is 0 Å². The first kappa shape index (κ1) is 14.8. The van der Waals surface area contributed by atoms with Gasteiger partial charge in [0.05, 0.1) is 16.7 Å². The van der Waals surface area contributed by atoms with E-state index in [1.807, 2.05) is 0 Å². The molecule has 21 heavy (non-hydrogen) atoms. The first-order chi connectivity index (χ1) is 9.90. The summed E-state index contributed by atoms with van der Waals surface area (Å²) in [6.45, 7) is 1.70. The summed E-state index contributed by atoms with van der Waals surface area (Å²) in [6.07, 6.45) is 0. The van der Waals surface area contributed by atoms with Gasteiger partial charge < -0.3 is 10.4 Å². The van der Waals surface area contributed by atoms with Crippen LogP contribution >= 0.6 is 11.6 Å². The zero-order valence-electron chi connectivity index (χ0n) is 11.0. The zero-order valence-corrected chi connectivity index (χ0v) is 11.7. The van der Waals surface area contributed by atoms with Crippen molar-refractivity contribution in [1.82, 2.24) is 0 Å². The van der Waals surface area contributed by atoms with Crippen LogP contribution in [0, 0.1) is 17.0 Å². The molecule has 0 bridgehead atoms. The number of anilines is 1. The number of nitro benzene ring substituents is 1. The minimum Gasteiger partial charge on any atom is -0.506 e. The van der Waals surface area contributed by atoms with Crippen molar-refractivity contribution in [2.75, 3.05) is 5.32 Å². The molecule has 2 N–H and O–H groups in total. The van der Waals surface area contributed by atoms with Gasteiger partial charge in [-0.1, -0.05) is 17.7 Å². The molecular weight excluding hydrogens is 296 g/mol. The second-order valence-electron chi connectivity index (χ2n) is 4.33. The van der Waals surface area contributed by atoms with E-state index in [-0.39, 0.29) is 17.1 Å². The number of aromatic hydroxyl groups is 1. The summed E-state index contributed by atoms with van der Waals surface area (Å²) < 4.78 is 0. The third-order valence-electron chi connectivity index (χ3n) is 2.95. The molecule has 0 aliphatic heterocycles. The van der Waals surface area contributed by atoms with Crippen molar-refractivity contribution in [2.24, 2.45) is 0 Å². The lowest BCUT2D eigenvalue weighted by Crippen LogP contribution is -2.13. The van der Waals surface area contributed by atoms with E-state index in [0.717, 1.165) is 6.07 Å². The highest BCUT2D eigenvalue weighted by atomic mass is 35.5. The Hall–Kier alpha value is -2.60. The van der Waals surface area contributed by atoms with Gasteiger partial charge in [-0.25, -0.2) is 0 Å². The van der Waals surface area contributed by atoms with Crippen molar-refractivity contribution >= 4 is 28.9 Å². The van der Waals surface area contributed by atoms with Crippen LogP contribution in [0.4, 0.5) is 11.4 Å². The Balaban J connectivity index is 2.28. The van der Waals surface area contributed by atoms with Gasteiger partial charge in [0.25, 0.3) is 11.6 Å². The van der Waals surface area contributed by atoms with Gasteiger partial charge in [0.15, 0.2) is 0 Å². The third kappa shape index (κ3) is 3.11. The molecule has 6 nitrogen and oxygen atoms in total. The molecule has 2 aromatic rings. The summed E-state index contributed by atoms with van der Waals surface area (Å²) in [6, 6.07) is 8.34. The van der Waals surface area contributed by atoms with Crippen LogP contribution in [0.3, 0.4) is 0 Å². The molecule has 7 heteroatoms. The zero-order chi connectivity index (χ0) is 15.6. The highest BCUT2D eigenvalue weighted by Gasteiger charge is 2.15. The van der Waals surface area contributed by atoms with Crippen molar-refractivity contribution in [3.05, 3.63) is 62.7 Å². The van der Waals surface area contributed by atoms with E-state index in [2.05, 4.69) is 5.32 Å². The van der Waals surface area contributed by atoms with Crippen LogP contribution in [0.2, 0.25) is 5.02 Å². The van der Waals surface area contributed by atoms with E-state index in [4.69, 9.17) is 11.6 Å². The summed E-state index contributed by atoms with van der Waals surface area (Å²) >= 11 is 5.94. The highest BCUT2D eigenvalue weighted by molar-refractivity contribution is 6.32. The van der Waals surface area contributed by atoms with Gasteiger partial charge >= 0.3 is 0 Å². The van der Waals surface area contributed by atoms with E-state index < -0.39 is 10.8 Å². The number of carbonyl (C=O) groups excluding carboxylic acids is 1. The number of rotatable bonds is 3. The third-order valence-corrected chi connectivity index (χ3v) is 3.36. The van der Waals surface area contributed by atoms with E-state index >= 15 is 0 Å². The molecule has 0 aliphatic rings. The number of nitrogens with one attached hydrogen (secondary N) is 1. The van der Waals surface area contributed by atoms with Gasteiger partial charge in [0, 0.05) is 16.7 Å². The van der Waals surface area contributed by atoms with Crippen LogP contribution in [0.1, 0.15) is 15.9 Å². The minimum absolute atomic E-state index is 0.0879. The second kappa shape index (κ2) is 5.80. The van der Waals surface area contributed by atoms with E-state index in [1.54, 1.807) is 25.1 Å². The Labute approximate surface area is 125 Å². The fourth-order valence-corrected chi connectivity index (χ4v) is 1.96. The first-order valence-electron chi connectivity index (χ1n) is 5.94. The average Bonchev–Trinajstić information content (AvgIpc) is 2.43. The number of hydrogen-bond acceptors (Lipinski definition) is 4. The monoisotopic (exact) mass is 306 g/mol. The molecule has 1 amide bonds. The van der Waals surface area contributed by atoms with E-state index in [0.29, 0.717) is 16.1 Å². The molecule has 2 rings (SSSR count). The number of halogens is 1. The molecule has 0 aliphatic carbocycles. The number of benzene rings is 2. The van der Waals surface area contributed by atoms with Crippen molar-refractivity contribution in [1.29, 1.82) is 0 Å². The molecule has 0 atom stereocenters. The normalized spacial score (nSPS) is 10.2. The maximum Gasteiger partial charge on any atom is 0.273 e. The standard InChI is InChI=1S/C14H11ClN2O4/c1-8-10(3-2-4-11(8)15)14(19)16-12-6-5-9(17(20)21)7-13(12)18/h2-7,18H,1H3,(H,16,19). The lowest BCUT2D eigenvalue weighted by Gasteiger charge is -2.09. The number of nitro groups is 1. The van der Waals surface area contributed by atoms with Crippen LogP contribution in [-0.2, 0) is 0 Å². The molecule has 0 radical (unpaired) electrons. The Bertz CT molecular complexity index is 731. The quantitative estimate of drug-likeness (QED) is 0.515. The molecule has 0 saturated heterocycles. The number of non-ortho nitro benzene ring substituents is 1. The molecule has 0 fully saturated rings. The van der Waals surface area contributed by atoms with Gasteiger partial charge in [-0.2, -0.15) is 0 Å². The van der Waals surface area contributed by atoms with Crippen LogP contribution in [-0.4, -0.2) is 15.9 Å². The molecule has 0 unspecified atom stereocenters. The number of phenolic OH excluding ortho intramolecular Hbond substituents is 1. The van der Waals surface area contributed by atoms with Crippen molar-refractivity contribution in [3.8, 4) is 5.75 Å². The minimum atomic E-state index is -0.633. The highest BCUT2D eigenvalue weighted by Crippen LogP contribution is 2.29. The van der Waals surface area contributed by atoms with Gasteiger partial charge in [-0.15, -0.1) is 0 Å². The van der Waals surface area contributed by atoms with Crippen LogP contribution < -0.4 is 5.32 Å². The molecular formula is C14H11ClN2O4.